The number of amides is 1. The van der Waals surface area contributed by atoms with Crippen LogP contribution in [-0.4, -0.2) is 59.0 Å². The van der Waals surface area contributed by atoms with E-state index >= 15 is 0 Å². The van der Waals surface area contributed by atoms with Crippen LogP contribution in [0.25, 0.3) is 11.3 Å². The normalized spacial score (nSPS) is 16.3. The second kappa shape index (κ2) is 10.1. The van der Waals surface area contributed by atoms with E-state index in [9.17, 15) is 27.2 Å². The van der Waals surface area contributed by atoms with E-state index < -0.39 is 30.1 Å². The van der Waals surface area contributed by atoms with Crippen LogP contribution in [0.5, 0.6) is 0 Å². The number of aryl methyl sites for hydroxylation is 1. The van der Waals surface area contributed by atoms with Crippen molar-refractivity contribution in [2.24, 2.45) is 0 Å². The van der Waals surface area contributed by atoms with Crippen LogP contribution in [0.2, 0.25) is 0 Å². The molecule has 0 N–H and O–H groups in total. The molecule has 184 valence electrons. The SMILES string of the molecule is O=C(CCc1cnoc1-c1ccc(F)cc1)N1CCN(c2ccccn2)CC1OC(=O)C(F)(F)F. The quantitative estimate of drug-likeness (QED) is 0.384. The minimum absolute atomic E-state index is 0.0274. The van der Waals surface area contributed by atoms with E-state index in [0.717, 1.165) is 4.90 Å². The Balaban J connectivity index is 1.47. The Morgan fingerprint density at radius 3 is 2.57 bits per heavy atom. The predicted molar refractivity (Wildman–Crippen MR) is 114 cm³/mol. The number of halogens is 4. The van der Waals surface area contributed by atoms with E-state index in [1.165, 1.54) is 36.7 Å². The molecule has 1 unspecified atom stereocenters. The lowest BCUT2D eigenvalue weighted by Crippen LogP contribution is -2.57. The highest BCUT2D eigenvalue weighted by Gasteiger charge is 2.44. The third kappa shape index (κ3) is 5.76. The Bertz CT molecular complexity index is 1170. The smallest absolute Gasteiger partial charge is 0.433 e. The molecule has 3 heterocycles. The Hall–Kier alpha value is -3.96. The third-order valence-corrected chi connectivity index (χ3v) is 5.46. The van der Waals surface area contributed by atoms with Gasteiger partial charge in [0.1, 0.15) is 11.6 Å². The number of pyridine rings is 1. The lowest BCUT2D eigenvalue weighted by Gasteiger charge is -2.41. The fourth-order valence-corrected chi connectivity index (χ4v) is 3.74. The number of carbonyl (C=O) groups is 2. The van der Waals surface area contributed by atoms with Crippen molar-refractivity contribution in [1.82, 2.24) is 15.0 Å². The first-order valence-corrected chi connectivity index (χ1v) is 10.6. The first-order chi connectivity index (χ1) is 16.7. The molecule has 1 saturated heterocycles. The number of aromatic nitrogens is 2. The van der Waals surface area contributed by atoms with Gasteiger partial charge in [-0.05, 0) is 42.8 Å². The highest BCUT2D eigenvalue weighted by atomic mass is 19.4. The number of carbonyl (C=O) groups excluding carboxylic acids is 2. The summed E-state index contributed by atoms with van der Waals surface area (Å²) in [6.07, 6.45) is -3.64. The van der Waals surface area contributed by atoms with Gasteiger partial charge in [0, 0.05) is 36.8 Å². The lowest BCUT2D eigenvalue weighted by atomic mass is 10.0. The molecule has 2 aromatic heterocycles. The zero-order chi connectivity index (χ0) is 25.0. The number of benzene rings is 1. The summed E-state index contributed by atoms with van der Waals surface area (Å²) in [4.78, 5) is 31.5. The summed E-state index contributed by atoms with van der Waals surface area (Å²) in [6, 6.07) is 10.6. The van der Waals surface area contributed by atoms with Gasteiger partial charge in [0.15, 0.2) is 12.0 Å². The molecule has 3 aromatic rings. The molecule has 0 spiro atoms. The van der Waals surface area contributed by atoms with Gasteiger partial charge in [-0.2, -0.15) is 13.2 Å². The third-order valence-electron chi connectivity index (χ3n) is 5.46. The molecule has 1 aromatic carbocycles. The highest BCUT2D eigenvalue weighted by molar-refractivity contribution is 5.79. The highest BCUT2D eigenvalue weighted by Crippen LogP contribution is 2.26. The van der Waals surface area contributed by atoms with Gasteiger partial charge in [-0.25, -0.2) is 14.2 Å². The number of ether oxygens (including phenoxy) is 1. The van der Waals surface area contributed by atoms with Gasteiger partial charge >= 0.3 is 12.1 Å². The van der Waals surface area contributed by atoms with Crippen LogP contribution in [0.3, 0.4) is 0 Å². The van der Waals surface area contributed by atoms with Gasteiger partial charge in [0.25, 0.3) is 0 Å². The van der Waals surface area contributed by atoms with Gasteiger partial charge in [-0.1, -0.05) is 11.2 Å². The Labute approximate surface area is 197 Å². The minimum atomic E-state index is -5.20. The molecule has 4 rings (SSSR count). The minimum Gasteiger partial charge on any atom is -0.433 e. The molecule has 8 nitrogen and oxygen atoms in total. The average Bonchev–Trinajstić information content (AvgIpc) is 3.31. The van der Waals surface area contributed by atoms with Gasteiger partial charge in [-0.3, -0.25) is 4.79 Å². The van der Waals surface area contributed by atoms with Crippen molar-refractivity contribution in [2.75, 3.05) is 24.5 Å². The molecule has 1 aliphatic heterocycles. The molecule has 0 saturated carbocycles. The van der Waals surface area contributed by atoms with Crippen molar-refractivity contribution < 1.29 is 36.4 Å². The maximum Gasteiger partial charge on any atom is 0.491 e. The summed E-state index contributed by atoms with van der Waals surface area (Å²) in [7, 11) is 0. The topological polar surface area (TPSA) is 88.8 Å². The van der Waals surface area contributed by atoms with E-state index in [1.54, 1.807) is 23.1 Å². The number of anilines is 1. The molecule has 0 radical (unpaired) electrons. The predicted octanol–water partition coefficient (Wildman–Crippen LogP) is 3.59. The van der Waals surface area contributed by atoms with Crippen molar-refractivity contribution >= 4 is 17.7 Å². The van der Waals surface area contributed by atoms with Gasteiger partial charge < -0.3 is 19.1 Å². The number of nitrogens with zero attached hydrogens (tertiary/aromatic N) is 4. The molecule has 1 fully saturated rings. The largest absolute Gasteiger partial charge is 0.491 e. The van der Waals surface area contributed by atoms with E-state index in [2.05, 4.69) is 14.9 Å². The van der Waals surface area contributed by atoms with Gasteiger partial charge in [0.05, 0.1) is 12.7 Å². The lowest BCUT2D eigenvalue weighted by molar-refractivity contribution is -0.213. The summed E-state index contributed by atoms with van der Waals surface area (Å²) in [6.45, 7) is 0.148. The zero-order valence-electron chi connectivity index (χ0n) is 18.2. The van der Waals surface area contributed by atoms with Gasteiger partial charge in [0.2, 0.25) is 5.91 Å². The molecule has 1 aliphatic rings. The van der Waals surface area contributed by atoms with Crippen molar-refractivity contribution in [1.29, 1.82) is 0 Å². The van der Waals surface area contributed by atoms with Crippen LogP contribution in [0.15, 0.2) is 59.4 Å². The van der Waals surface area contributed by atoms with Crippen LogP contribution >= 0.6 is 0 Å². The first kappa shape index (κ1) is 24.2. The standard InChI is InChI=1S/C23H20F4N4O4/c24-17-7-4-15(5-8-17)21-16(13-29-35-21)6-9-19(32)31-12-11-30(18-3-1-2-10-28-18)14-20(31)34-22(33)23(25,26)27/h1-5,7-8,10,13,20H,6,9,11-12,14H2. The summed E-state index contributed by atoms with van der Waals surface area (Å²) in [5.41, 5.74) is 1.13. The van der Waals surface area contributed by atoms with Crippen LogP contribution in [0, 0.1) is 5.82 Å². The Kier molecular flexibility index (Phi) is 6.99. The summed E-state index contributed by atoms with van der Waals surface area (Å²) >= 11 is 0. The number of alkyl halides is 3. The second-order valence-corrected chi connectivity index (χ2v) is 7.77. The molecule has 35 heavy (non-hydrogen) atoms. The number of esters is 1. The Morgan fingerprint density at radius 1 is 1.11 bits per heavy atom. The van der Waals surface area contributed by atoms with Gasteiger partial charge in [-0.15, -0.1) is 0 Å². The van der Waals surface area contributed by atoms with Crippen LogP contribution < -0.4 is 4.90 Å². The first-order valence-electron chi connectivity index (χ1n) is 10.6. The maximum absolute atomic E-state index is 13.2. The van der Waals surface area contributed by atoms with E-state index in [4.69, 9.17) is 4.52 Å². The van der Waals surface area contributed by atoms with Crippen LogP contribution in [-0.2, 0) is 20.7 Å². The summed E-state index contributed by atoms with van der Waals surface area (Å²) in [5, 5.41) is 3.73. The number of rotatable bonds is 6. The number of piperazine rings is 1. The molecular formula is C23H20F4N4O4. The molecule has 0 bridgehead atoms. The second-order valence-electron chi connectivity index (χ2n) is 7.77. The average molecular weight is 492 g/mol. The molecule has 12 heteroatoms. The Morgan fingerprint density at radius 2 is 1.89 bits per heavy atom. The molecule has 1 atom stereocenters. The van der Waals surface area contributed by atoms with E-state index in [0.29, 0.717) is 22.7 Å². The number of hydrogen-bond donors (Lipinski definition) is 0. The zero-order valence-corrected chi connectivity index (χ0v) is 18.2. The van der Waals surface area contributed by atoms with E-state index in [-0.39, 0.29) is 32.5 Å². The van der Waals surface area contributed by atoms with Crippen LogP contribution in [0.4, 0.5) is 23.4 Å². The fraction of sp³-hybridized carbons (Fsp3) is 0.304. The maximum atomic E-state index is 13.2. The van der Waals surface area contributed by atoms with Crippen molar-refractivity contribution in [3.05, 3.63) is 66.2 Å². The van der Waals surface area contributed by atoms with Crippen molar-refractivity contribution in [3.8, 4) is 11.3 Å². The monoisotopic (exact) mass is 492 g/mol. The summed E-state index contributed by atoms with van der Waals surface area (Å²) < 4.78 is 61.8. The molecule has 1 amide bonds. The molecular weight excluding hydrogens is 472 g/mol. The summed E-state index contributed by atoms with van der Waals surface area (Å²) in [5.74, 6) is -2.45. The fourth-order valence-electron chi connectivity index (χ4n) is 3.74. The van der Waals surface area contributed by atoms with Crippen LogP contribution in [0.1, 0.15) is 12.0 Å². The van der Waals surface area contributed by atoms with E-state index in [1.807, 2.05) is 0 Å². The van der Waals surface area contributed by atoms with Crippen molar-refractivity contribution in [2.45, 2.75) is 25.2 Å². The number of hydrogen-bond acceptors (Lipinski definition) is 7. The van der Waals surface area contributed by atoms with Crippen molar-refractivity contribution in [3.63, 3.8) is 0 Å². The molecule has 0 aliphatic carbocycles.